The van der Waals surface area contributed by atoms with Crippen molar-refractivity contribution >= 4 is 0 Å². The van der Waals surface area contributed by atoms with Gasteiger partial charge in [-0.2, -0.15) is 4.98 Å². The van der Waals surface area contributed by atoms with Gasteiger partial charge in [-0.05, 0) is 6.42 Å². The minimum atomic E-state index is 0.149. The van der Waals surface area contributed by atoms with E-state index < -0.39 is 0 Å². The van der Waals surface area contributed by atoms with Gasteiger partial charge < -0.3 is 19.3 Å². The Balaban J connectivity index is 1.76. The third kappa shape index (κ3) is 4.07. The molecule has 2 heterocycles. The molecule has 6 nitrogen and oxygen atoms in total. The van der Waals surface area contributed by atoms with Gasteiger partial charge in [0.15, 0.2) is 5.82 Å². The molecule has 0 aromatic carbocycles. The van der Waals surface area contributed by atoms with Crippen molar-refractivity contribution in [1.29, 1.82) is 0 Å². The van der Waals surface area contributed by atoms with Gasteiger partial charge >= 0.3 is 0 Å². The molecule has 1 atom stereocenters. The minimum absolute atomic E-state index is 0.149. The molecule has 0 amide bonds. The normalized spacial score (nSPS) is 20.6. The largest absolute Gasteiger partial charge is 0.385 e. The van der Waals surface area contributed by atoms with E-state index in [2.05, 4.69) is 15.5 Å². The second-order valence-electron chi connectivity index (χ2n) is 4.10. The number of ether oxygens (including phenoxy) is 2. The second kappa shape index (κ2) is 6.68. The van der Waals surface area contributed by atoms with E-state index in [1.807, 2.05) is 0 Å². The molecule has 96 valence electrons. The maximum Gasteiger partial charge on any atom is 0.229 e. The van der Waals surface area contributed by atoms with Crippen LogP contribution < -0.4 is 5.32 Å². The number of nitrogens with zero attached hydrogens (tertiary/aromatic N) is 2. The Morgan fingerprint density at radius 2 is 2.47 bits per heavy atom. The third-order valence-electron chi connectivity index (χ3n) is 2.67. The molecule has 0 bridgehead atoms. The monoisotopic (exact) mass is 241 g/mol. The van der Waals surface area contributed by atoms with Crippen LogP contribution in [0.4, 0.5) is 0 Å². The molecule has 0 spiro atoms. The molecule has 0 radical (unpaired) electrons. The number of rotatable bonds is 6. The molecule has 6 heteroatoms. The minimum Gasteiger partial charge on any atom is -0.385 e. The third-order valence-corrected chi connectivity index (χ3v) is 2.67. The van der Waals surface area contributed by atoms with Gasteiger partial charge in [0.1, 0.15) is 0 Å². The first kappa shape index (κ1) is 12.5. The highest BCUT2D eigenvalue weighted by Gasteiger charge is 2.17. The lowest BCUT2D eigenvalue weighted by Crippen LogP contribution is -2.39. The number of aromatic nitrogens is 2. The summed E-state index contributed by atoms with van der Waals surface area (Å²) in [5.41, 5.74) is 0. The van der Waals surface area contributed by atoms with Gasteiger partial charge in [-0.25, -0.2) is 0 Å². The van der Waals surface area contributed by atoms with E-state index >= 15 is 0 Å². The summed E-state index contributed by atoms with van der Waals surface area (Å²) in [5.74, 6) is 1.41. The van der Waals surface area contributed by atoms with Crippen LogP contribution in [0, 0.1) is 0 Å². The maximum absolute atomic E-state index is 5.58. The molecule has 1 saturated heterocycles. The Labute approximate surface area is 101 Å². The highest BCUT2D eigenvalue weighted by atomic mass is 16.5. The zero-order valence-corrected chi connectivity index (χ0v) is 10.1. The average Bonchev–Trinajstić information content (AvgIpc) is 2.79. The molecule has 17 heavy (non-hydrogen) atoms. The molecular weight excluding hydrogens is 222 g/mol. The first-order valence-electron chi connectivity index (χ1n) is 6.01. The molecule has 0 aliphatic carbocycles. The van der Waals surface area contributed by atoms with Crippen LogP contribution in [0.15, 0.2) is 4.52 Å². The molecular formula is C11H19N3O3. The number of hydrogen-bond acceptors (Lipinski definition) is 6. The van der Waals surface area contributed by atoms with Gasteiger partial charge in [-0.1, -0.05) is 5.16 Å². The van der Waals surface area contributed by atoms with Crippen molar-refractivity contribution in [2.45, 2.75) is 25.4 Å². The molecule has 1 unspecified atom stereocenters. The van der Waals surface area contributed by atoms with E-state index in [1.165, 1.54) is 0 Å². The maximum atomic E-state index is 5.58. The topological polar surface area (TPSA) is 69.4 Å². The lowest BCUT2D eigenvalue weighted by Gasteiger charge is -2.21. The van der Waals surface area contributed by atoms with Crippen LogP contribution in [0.1, 0.15) is 18.1 Å². The summed E-state index contributed by atoms with van der Waals surface area (Å²) in [5, 5.41) is 7.21. The van der Waals surface area contributed by atoms with Crippen LogP contribution in [0.3, 0.4) is 0 Å². The smallest absolute Gasteiger partial charge is 0.229 e. The van der Waals surface area contributed by atoms with Gasteiger partial charge in [0, 0.05) is 33.2 Å². The molecule has 1 aliphatic rings. The fourth-order valence-corrected chi connectivity index (χ4v) is 1.79. The zero-order valence-electron chi connectivity index (χ0n) is 10.1. The number of hydrogen-bond donors (Lipinski definition) is 1. The van der Waals surface area contributed by atoms with Crippen molar-refractivity contribution in [2.24, 2.45) is 0 Å². The highest BCUT2D eigenvalue weighted by Crippen LogP contribution is 2.07. The lowest BCUT2D eigenvalue weighted by molar-refractivity contribution is 0.0246. The van der Waals surface area contributed by atoms with Crippen molar-refractivity contribution in [2.75, 3.05) is 33.4 Å². The molecule has 1 aromatic rings. The summed E-state index contributed by atoms with van der Waals surface area (Å²) in [6.45, 7) is 3.24. The van der Waals surface area contributed by atoms with E-state index in [0.717, 1.165) is 45.0 Å². The number of nitrogens with one attached hydrogen (secondary N) is 1. The van der Waals surface area contributed by atoms with E-state index in [4.69, 9.17) is 14.0 Å². The molecule has 0 saturated carbocycles. The van der Waals surface area contributed by atoms with Crippen LogP contribution in [0.25, 0.3) is 0 Å². The predicted molar refractivity (Wildman–Crippen MR) is 60.8 cm³/mol. The van der Waals surface area contributed by atoms with Crippen LogP contribution in [-0.2, 0) is 22.3 Å². The second-order valence-corrected chi connectivity index (χ2v) is 4.10. The van der Waals surface area contributed by atoms with Crippen LogP contribution in [-0.4, -0.2) is 49.7 Å². The highest BCUT2D eigenvalue weighted by molar-refractivity contribution is 4.89. The Kier molecular flexibility index (Phi) is 4.90. The van der Waals surface area contributed by atoms with E-state index in [0.29, 0.717) is 12.3 Å². The van der Waals surface area contributed by atoms with Gasteiger partial charge in [0.2, 0.25) is 5.89 Å². The Morgan fingerprint density at radius 1 is 1.53 bits per heavy atom. The Bertz CT molecular complexity index is 324. The van der Waals surface area contributed by atoms with Crippen LogP contribution in [0.2, 0.25) is 0 Å². The predicted octanol–water partition coefficient (Wildman–Crippen LogP) is 0.180. The first-order chi connectivity index (χ1) is 8.38. The molecule has 1 aliphatic heterocycles. The fraction of sp³-hybridized carbons (Fsp3) is 0.818. The van der Waals surface area contributed by atoms with Crippen LogP contribution in [0.5, 0.6) is 0 Å². The first-order valence-corrected chi connectivity index (χ1v) is 6.01. The number of morpholine rings is 1. The van der Waals surface area contributed by atoms with E-state index in [9.17, 15) is 0 Å². The average molecular weight is 241 g/mol. The van der Waals surface area contributed by atoms with Crippen molar-refractivity contribution in [3.63, 3.8) is 0 Å². The Hall–Kier alpha value is -0.980. The summed E-state index contributed by atoms with van der Waals surface area (Å²) >= 11 is 0. The summed E-state index contributed by atoms with van der Waals surface area (Å²) in [4.78, 5) is 4.34. The van der Waals surface area contributed by atoms with Gasteiger partial charge in [-0.3, -0.25) is 0 Å². The zero-order chi connectivity index (χ0) is 11.9. The van der Waals surface area contributed by atoms with Crippen molar-refractivity contribution < 1.29 is 14.0 Å². The summed E-state index contributed by atoms with van der Waals surface area (Å²) < 4.78 is 15.7. The van der Waals surface area contributed by atoms with Gasteiger partial charge in [0.25, 0.3) is 0 Å². The molecule has 1 N–H and O–H groups in total. The summed E-state index contributed by atoms with van der Waals surface area (Å²) in [6.07, 6.45) is 2.54. The van der Waals surface area contributed by atoms with E-state index in [1.54, 1.807) is 7.11 Å². The van der Waals surface area contributed by atoms with E-state index in [-0.39, 0.29) is 6.10 Å². The van der Waals surface area contributed by atoms with Crippen molar-refractivity contribution in [1.82, 2.24) is 15.5 Å². The van der Waals surface area contributed by atoms with Crippen molar-refractivity contribution in [3.8, 4) is 0 Å². The lowest BCUT2D eigenvalue weighted by atomic mass is 10.2. The standard InChI is InChI=1S/C11H19N3O3/c1-15-5-2-3-10-13-11(17-14-10)7-9-8-12-4-6-16-9/h9,12H,2-8H2,1H3. The molecule has 2 rings (SSSR count). The van der Waals surface area contributed by atoms with Crippen LogP contribution >= 0.6 is 0 Å². The fourth-order valence-electron chi connectivity index (χ4n) is 1.79. The van der Waals surface area contributed by atoms with Gasteiger partial charge in [-0.15, -0.1) is 0 Å². The summed E-state index contributed by atoms with van der Waals surface area (Å²) in [6, 6.07) is 0. The molecule has 1 fully saturated rings. The van der Waals surface area contributed by atoms with Gasteiger partial charge in [0.05, 0.1) is 19.1 Å². The number of methoxy groups -OCH3 is 1. The van der Waals surface area contributed by atoms with Crippen molar-refractivity contribution in [3.05, 3.63) is 11.7 Å². The number of aryl methyl sites for hydroxylation is 1. The summed E-state index contributed by atoms with van der Waals surface area (Å²) in [7, 11) is 1.69. The SMILES string of the molecule is COCCCc1noc(CC2CNCCO2)n1. The quantitative estimate of drug-likeness (QED) is 0.716. The Morgan fingerprint density at radius 3 is 3.24 bits per heavy atom. The molecule has 1 aromatic heterocycles.